The minimum Gasteiger partial charge on any atom is -0.465 e. The van der Waals surface area contributed by atoms with E-state index in [9.17, 15) is 13.2 Å². The molecule has 110 valence electrons. The molecule has 0 aliphatic carbocycles. The van der Waals surface area contributed by atoms with Gasteiger partial charge in [-0.25, -0.2) is 18.2 Å². The zero-order chi connectivity index (χ0) is 15.5. The molecule has 2 rings (SSSR count). The van der Waals surface area contributed by atoms with E-state index in [0.717, 1.165) is 0 Å². The largest absolute Gasteiger partial charge is 0.465 e. The molecule has 1 aromatic carbocycles. The van der Waals surface area contributed by atoms with Crippen molar-refractivity contribution in [3.8, 4) is 0 Å². The molecule has 0 aliphatic heterocycles. The number of esters is 1. The quantitative estimate of drug-likeness (QED) is 0.688. The van der Waals surface area contributed by atoms with Crippen LogP contribution in [0.2, 0.25) is 5.15 Å². The van der Waals surface area contributed by atoms with Gasteiger partial charge in [0.15, 0.2) is 0 Å². The maximum absolute atomic E-state index is 12.4. The Morgan fingerprint density at radius 2 is 1.90 bits per heavy atom. The molecule has 1 aromatic heterocycles. The lowest BCUT2D eigenvalue weighted by Crippen LogP contribution is -2.18. The van der Waals surface area contributed by atoms with Crippen LogP contribution in [-0.2, 0) is 14.8 Å². The molecule has 0 radical (unpaired) electrons. The fraction of sp³-hybridized carbons (Fsp3) is 0.0769. The highest BCUT2D eigenvalue weighted by atomic mass is 35.5. The highest BCUT2D eigenvalue weighted by Crippen LogP contribution is 2.20. The summed E-state index contributed by atoms with van der Waals surface area (Å²) in [5.41, 5.74) is -0.0606. The van der Waals surface area contributed by atoms with Gasteiger partial charge in [-0.3, -0.25) is 4.72 Å². The number of nitrogens with one attached hydrogen (secondary N) is 1. The molecule has 0 fully saturated rings. The molecule has 0 atom stereocenters. The number of halogens is 1. The number of sulfonamides is 1. The van der Waals surface area contributed by atoms with E-state index in [1.165, 1.54) is 37.4 Å². The van der Waals surface area contributed by atoms with E-state index in [2.05, 4.69) is 14.4 Å². The van der Waals surface area contributed by atoms with Gasteiger partial charge in [-0.05, 0) is 24.3 Å². The molecule has 0 aliphatic rings. The van der Waals surface area contributed by atoms with Crippen molar-refractivity contribution in [1.82, 2.24) is 4.98 Å². The Morgan fingerprint density at radius 3 is 2.57 bits per heavy atom. The van der Waals surface area contributed by atoms with Crippen molar-refractivity contribution >= 4 is 33.4 Å². The fourth-order valence-electron chi connectivity index (χ4n) is 1.64. The smallest absolute Gasteiger partial charge is 0.339 e. The Labute approximate surface area is 126 Å². The van der Waals surface area contributed by atoms with Gasteiger partial charge in [0.1, 0.15) is 15.9 Å². The summed E-state index contributed by atoms with van der Waals surface area (Å²) < 4.78 is 31.5. The van der Waals surface area contributed by atoms with Crippen molar-refractivity contribution < 1.29 is 17.9 Å². The Hall–Kier alpha value is -2.12. The molecule has 1 N–H and O–H groups in total. The standard InChI is InChI=1S/C13H11ClN2O4S/c1-20-13(17)9-5-2-3-6-10(9)21(18,19)16-12-8-4-7-11(14)15-12/h2-8H,1H3,(H,15,16). The third-order valence-electron chi connectivity index (χ3n) is 2.54. The number of benzene rings is 1. The van der Waals surface area contributed by atoms with Crippen molar-refractivity contribution in [2.24, 2.45) is 0 Å². The van der Waals surface area contributed by atoms with Gasteiger partial charge >= 0.3 is 5.97 Å². The molecule has 2 aromatic rings. The predicted octanol–water partition coefficient (Wildman–Crippen LogP) is 2.32. The number of methoxy groups -OCH3 is 1. The maximum atomic E-state index is 12.4. The van der Waals surface area contributed by atoms with Crippen LogP contribution in [0.15, 0.2) is 47.4 Å². The summed E-state index contributed by atoms with van der Waals surface area (Å²) in [5, 5.41) is 0.149. The lowest BCUT2D eigenvalue weighted by atomic mass is 10.2. The second kappa shape index (κ2) is 6.11. The first-order valence-electron chi connectivity index (χ1n) is 5.77. The molecular weight excluding hydrogens is 316 g/mol. The highest BCUT2D eigenvalue weighted by Gasteiger charge is 2.23. The van der Waals surface area contributed by atoms with E-state index in [1.54, 1.807) is 12.1 Å². The van der Waals surface area contributed by atoms with Crippen LogP contribution in [0.1, 0.15) is 10.4 Å². The molecule has 6 nitrogen and oxygen atoms in total. The van der Waals surface area contributed by atoms with Crippen molar-refractivity contribution in [1.29, 1.82) is 0 Å². The first-order valence-corrected chi connectivity index (χ1v) is 7.63. The fourth-order valence-corrected chi connectivity index (χ4v) is 3.00. The first kappa shape index (κ1) is 15.3. The summed E-state index contributed by atoms with van der Waals surface area (Å²) in [6.07, 6.45) is 0. The van der Waals surface area contributed by atoms with E-state index in [1.807, 2.05) is 0 Å². The number of pyridine rings is 1. The van der Waals surface area contributed by atoms with Gasteiger partial charge in [-0.1, -0.05) is 29.8 Å². The van der Waals surface area contributed by atoms with Gasteiger partial charge in [0, 0.05) is 0 Å². The zero-order valence-corrected chi connectivity index (χ0v) is 12.5. The number of carbonyl (C=O) groups excluding carboxylic acids is 1. The summed E-state index contributed by atoms with van der Waals surface area (Å²) in [7, 11) is -2.81. The number of hydrogen-bond acceptors (Lipinski definition) is 5. The molecule has 0 amide bonds. The second-order valence-electron chi connectivity index (χ2n) is 3.94. The molecule has 1 heterocycles. The van der Waals surface area contributed by atoms with Crippen LogP contribution in [-0.4, -0.2) is 26.5 Å². The van der Waals surface area contributed by atoms with E-state index in [4.69, 9.17) is 11.6 Å². The van der Waals surface area contributed by atoms with Gasteiger partial charge in [-0.2, -0.15) is 0 Å². The number of nitrogens with zero attached hydrogens (tertiary/aromatic N) is 1. The number of rotatable bonds is 4. The molecule has 0 saturated carbocycles. The molecular formula is C13H11ClN2O4S. The third-order valence-corrected chi connectivity index (χ3v) is 4.16. The number of aromatic nitrogens is 1. The summed E-state index contributed by atoms with van der Waals surface area (Å²) in [5.74, 6) is -0.683. The maximum Gasteiger partial charge on any atom is 0.339 e. The summed E-state index contributed by atoms with van der Waals surface area (Å²) in [6, 6.07) is 10.2. The van der Waals surface area contributed by atoms with Crippen LogP contribution in [0.4, 0.5) is 5.82 Å². The Balaban J connectivity index is 2.43. The van der Waals surface area contributed by atoms with Gasteiger partial charge in [0.25, 0.3) is 10.0 Å². The second-order valence-corrected chi connectivity index (χ2v) is 5.98. The molecule has 0 unspecified atom stereocenters. The number of carbonyl (C=O) groups is 1. The zero-order valence-electron chi connectivity index (χ0n) is 10.9. The van der Waals surface area contributed by atoms with Crippen molar-refractivity contribution in [3.63, 3.8) is 0 Å². The van der Waals surface area contributed by atoms with Crippen LogP contribution < -0.4 is 4.72 Å². The SMILES string of the molecule is COC(=O)c1ccccc1S(=O)(=O)Nc1cccc(Cl)n1. The third kappa shape index (κ3) is 3.50. The Kier molecular flexibility index (Phi) is 4.44. The molecule has 0 bridgehead atoms. The van der Waals surface area contributed by atoms with Crippen LogP contribution >= 0.6 is 11.6 Å². The van der Waals surface area contributed by atoms with Crippen LogP contribution in [0.3, 0.4) is 0 Å². The monoisotopic (exact) mass is 326 g/mol. The lowest BCUT2D eigenvalue weighted by molar-refractivity contribution is 0.0596. The van der Waals surface area contributed by atoms with E-state index < -0.39 is 16.0 Å². The summed E-state index contributed by atoms with van der Waals surface area (Å²) in [4.78, 5) is 15.3. The first-order chi connectivity index (χ1) is 9.94. The van der Waals surface area contributed by atoms with Crippen LogP contribution in [0.5, 0.6) is 0 Å². The van der Waals surface area contributed by atoms with Crippen molar-refractivity contribution in [2.45, 2.75) is 4.90 Å². The van der Waals surface area contributed by atoms with Gasteiger partial charge in [0.05, 0.1) is 12.7 Å². The number of ether oxygens (including phenoxy) is 1. The average Bonchev–Trinajstić information content (AvgIpc) is 2.46. The van der Waals surface area contributed by atoms with Gasteiger partial charge < -0.3 is 4.74 Å². The highest BCUT2D eigenvalue weighted by molar-refractivity contribution is 7.92. The summed E-state index contributed by atoms with van der Waals surface area (Å²) >= 11 is 5.70. The van der Waals surface area contributed by atoms with E-state index in [0.29, 0.717) is 0 Å². The Morgan fingerprint density at radius 1 is 1.19 bits per heavy atom. The molecule has 0 spiro atoms. The predicted molar refractivity (Wildman–Crippen MR) is 77.8 cm³/mol. The van der Waals surface area contributed by atoms with Crippen molar-refractivity contribution in [2.75, 3.05) is 11.8 Å². The number of anilines is 1. The van der Waals surface area contributed by atoms with Crippen LogP contribution in [0, 0.1) is 0 Å². The normalized spacial score (nSPS) is 11.0. The summed E-state index contributed by atoms with van der Waals surface area (Å²) in [6.45, 7) is 0. The molecule has 8 heteroatoms. The molecule has 21 heavy (non-hydrogen) atoms. The topological polar surface area (TPSA) is 85.4 Å². The van der Waals surface area contributed by atoms with Crippen molar-refractivity contribution in [3.05, 3.63) is 53.2 Å². The molecule has 0 saturated heterocycles. The van der Waals surface area contributed by atoms with E-state index in [-0.39, 0.29) is 21.4 Å². The van der Waals surface area contributed by atoms with Gasteiger partial charge in [-0.15, -0.1) is 0 Å². The lowest BCUT2D eigenvalue weighted by Gasteiger charge is -2.10. The number of hydrogen-bond donors (Lipinski definition) is 1. The van der Waals surface area contributed by atoms with E-state index >= 15 is 0 Å². The minimum atomic E-state index is -3.99. The minimum absolute atomic E-state index is 0.0576. The average molecular weight is 327 g/mol. The Bertz CT molecular complexity index is 777. The van der Waals surface area contributed by atoms with Crippen LogP contribution in [0.25, 0.3) is 0 Å². The van der Waals surface area contributed by atoms with Gasteiger partial charge in [0.2, 0.25) is 0 Å².